The predicted molar refractivity (Wildman–Crippen MR) is 132 cm³/mol. The zero-order valence-electron chi connectivity index (χ0n) is 19.1. The minimum Gasteiger partial charge on any atom is -0.492 e. The van der Waals surface area contributed by atoms with E-state index >= 15 is 0 Å². The number of fused-ring (bicyclic) bond motifs is 1. The summed E-state index contributed by atoms with van der Waals surface area (Å²) in [7, 11) is -3.47. The van der Waals surface area contributed by atoms with Gasteiger partial charge in [-0.3, -0.25) is 4.79 Å². The van der Waals surface area contributed by atoms with E-state index in [0.717, 1.165) is 5.75 Å². The van der Waals surface area contributed by atoms with Crippen LogP contribution in [-0.2, 0) is 27.6 Å². The van der Waals surface area contributed by atoms with Crippen LogP contribution in [0.15, 0.2) is 71.6 Å². The molecule has 0 fully saturated rings. The van der Waals surface area contributed by atoms with Crippen LogP contribution in [0.1, 0.15) is 17.5 Å². The number of aliphatic carboxylic acids is 1. The molecule has 35 heavy (non-hydrogen) atoms. The largest absolute Gasteiger partial charge is 0.492 e. The lowest BCUT2D eigenvalue weighted by molar-refractivity contribution is -0.136. The average Bonchev–Trinajstić information content (AvgIpc) is 2.84. The van der Waals surface area contributed by atoms with Gasteiger partial charge in [0.05, 0.1) is 22.9 Å². The van der Waals surface area contributed by atoms with Crippen LogP contribution >= 0.6 is 0 Å². The maximum atomic E-state index is 14.4. The van der Waals surface area contributed by atoms with E-state index in [9.17, 15) is 17.6 Å². The van der Waals surface area contributed by atoms with Gasteiger partial charge in [0.25, 0.3) is 0 Å². The molecule has 0 saturated heterocycles. The molecule has 1 aliphatic heterocycles. The molecular weight excluding hydrogens is 471 g/mol. The number of rotatable bonds is 10. The third kappa shape index (κ3) is 6.10. The van der Waals surface area contributed by atoms with Crippen LogP contribution in [0, 0.1) is 5.82 Å². The highest BCUT2D eigenvalue weighted by Gasteiger charge is 2.30. The summed E-state index contributed by atoms with van der Waals surface area (Å²) in [6, 6.07) is 19.3. The summed E-state index contributed by atoms with van der Waals surface area (Å²) in [4.78, 5) is 13.0. The Morgan fingerprint density at radius 2 is 1.86 bits per heavy atom. The topological polar surface area (TPSA) is 95.9 Å². The second-order valence-electron chi connectivity index (χ2n) is 8.29. The number of nitrogens with zero attached hydrogens (tertiary/aromatic N) is 1. The van der Waals surface area contributed by atoms with Gasteiger partial charge in [-0.25, -0.2) is 12.8 Å². The van der Waals surface area contributed by atoms with E-state index in [-0.39, 0.29) is 30.0 Å². The maximum Gasteiger partial charge on any atom is 0.303 e. The second kappa shape index (κ2) is 10.8. The van der Waals surface area contributed by atoms with E-state index in [0.29, 0.717) is 42.2 Å². The van der Waals surface area contributed by atoms with Crippen LogP contribution in [0.5, 0.6) is 5.75 Å². The Labute approximate surface area is 204 Å². The van der Waals surface area contributed by atoms with E-state index < -0.39 is 21.6 Å². The van der Waals surface area contributed by atoms with Crippen molar-refractivity contribution < 1.29 is 27.4 Å². The third-order valence-corrected chi connectivity index (χ3v) is 7.69. The molecule has 3 aromatic carbocycles. The van der Waals surface area contributed by atoms with Crippen LogP contribution in [0.2, 0.25) is 0 Å². The van der Waals surface area contributed by atoms with Crippen molar-refractivity contribution in [1.82, 2.24) is 0 Å². The lowest BCUT2D eigenvalue weighted by Crippen LogP contribution is -2.38. The predicted octanol–water partition coefficient (Wildman–Crippen LogP) is 4.13. The molecule has 0 saturated carbocycles. The minimum atomic E-state index is -3.47. The fourth-order valence-electron chi connectivity index (χ4n) is 4.09. The molecule has 3 aromatic rings. The third-order valence-electron chi connectivity index (χ3n) is 5.87. The summed E-state index contributed by atoms with van der Waals surface area (Å²) in [6.07, 6.45) is -0.0414. The van der Waals surface area contributed by atoms with Gasteiger partial charge in [0, 0.05) is 25.2 Å². The fraction of sp³-hybridized carbons (Fsp3) is 0.269. The molecule has 0 spiro atoms. The van der Waals surface area contributed by atoms with E-state index in [1.807, 2.05) is 41.3 Å². The van der Waals surface area contributed by atoms with Crippen LogP contribution in [0.25, 0.3) is 0 Å². The molecule has 0 bridgehead atoms. The van der Waals surface area contributed by atoms with Crippen molar-refractivity contribution in [2.45, 2.75) is 24.3 Å². The summed E-state index contributed by atoms with van der Waals surface area (Å²) >= 11 is 0. The van der Waals surface area contributed by atoms with Crippen molar-refractivity contribution in [2.75, 3.05) is 35.7 Å². The molecule has 0 unspecified atom stereocenters. The molecule has 1 heterocycles. The highest BCUT2D eigenvalue weighted by atomic mass is 32.2. The van der Waals surface area contributed by atoms with Crippen molar-refractivity contribution in [3.8, 4) is 5.75 Å². The molecule has 184 valence electrons. The van der Waals surface area contributed by atoms with Crippen LogP contribution in [-0.4, -0.2) is 44.9 Å². The summed E-state index contributed by atoms with van der Waals surface area (Å²) < 4.78 is 46.1. The van der Waals surface area contributed by atoms with Gasteiger partial charge in [-0.15, -0.1) is 0 Å². The zero-order chi connectivity index (χ0) is 24.8. The zero-order valence-corrected chi connectivity index (χ0v) is 19.9. The van der Waals surface area contributed by atoms with Crippen LogP contribution in [0.4, 0.5) is 15.8 Å². The lowest BCUT2D eigenvalue weighted by Gasteiger charge is -2.32. The SMILES string of the molecule is O=C(O)CCc1ccc(NCc2cccc3c2S(=O)(=O)CCN3CCOc2ccccc2)cc1F. The molecule has 0 aliphatic carbocycles. The Balaban J connectivity index is 1.47. The first-order valence-electron chi connectivity index (χ1n) is 11.3. The highest BCUT2D eigenvalue weighted by molar-refractivity contribution is 7.91. The fourth-order valence-corrected chi connectivity index (χ4v) is 5.81. The molecule has 0 radical (unpaired) electrons. The second-order valence-corrected chi connectivity index (χ2v) is 10.3. The highest BCUT2D eigenvalue weighted by Crippen LogP contribution is 2.34. The number of ether oxygens (including phenoxy) is 1. The molecule has 7 nitrogen and oxygen atoms in total. The first-order valence-corrected chi connectivity index (χ1v) is 13.0. The van der Waals surface area contributed by atoms with Gasteiger partial charge in [0.2, 0.25) is 0 Å². The number of anilines is 2. The molecule has 0 amide bonds. The molecule has 1 aliphatic rings. The molecular formula is C26H27FN2O5S. The number of carbonyl (C=O) groups is 1. The minimum absolute atomic E-state index is 0.00918. The normalized spacial score (nSPS) is 14.3. The number of carboxylic acids is 1. The van der Waals surface area contributed by atoms with E-state index in [1.165, 1.54) is 6.07 Å². The smallest absolute Gasteiger partial charge is 0.303 e. The Morgan fingerprint density at radius 1 is 1.06 bits per heavy atom. The van der Waals surface area contributed by atoms with E-state index in [2.05, 4.69) is 5.32 Å². The van der Waals surface area contributed by atoms with Gasteiger partial charge in [-0.05, 0) is 47.9 Å². The van der Waals surface area contributed by atoms with Crippen LogP contribution < -0.4 is 15.0 Å². The first-order chi connectivity index (χ1) is 16.8. The Bertz CT molecular complexity index is 1300. The summed E-state index contributed by atoms with van der Waals surface area (Å²) in [6.45, 7) is 1.54. The Kier molecular flexibility index (Phi) is 7.55. The maximum absolute atomic E-state index is 14.4. The quantitative estimate of drug-likeness (QED) is 0.434. The van der Waals surface area contributed by atoms with Gasteiger partial charge in [-0.1, -0.05) is 36.4 Å². The van der Waals surface area contributed by atoms with Crippen molar-refractivity contribution in [2.24, 2.45) is 0 Å². The monoisotopic (exact) mass is 498 g/mol. The number of para-hydroxylation sites is 1. The number of benzene rings is 3. The standard InChI is InChI=1S/C26H27FN2O5S/c27-23-17-21(11-9-19(23)10-12-25(30)31)28-18-20-5-4-8-24-26(20)35(32,33)16-14-29(24)13-15-34-22-6-2-1-3-7-22/h1-9,11,17,28H,10,12-16,18H2,(H,30,31). The molecule has 0 atom stereocenters. The van der Waals surface area contributed by atoms with Gasteiger partial charge in [0.15, 0.2) is 9.84 Å². The Hall–Kier alpha value is -3.59. The van der Waals surface area contributed by atoms with Gasteiger partial charge >= 0.3 is 5.97 Å². The summed E-state index contributed by atoms with van der Waals surface area (Å²) in [5.74, 6) is -0.711. The molecule has 4 rings (SSSR count). The molecule has 9 heteroatoms. The number of halogens is 1. The first kappa shape index (κ1) is 24.5. The number of nitrogens with one attached hydrogen (secondary N) is 1. The number of hydrogen-bond donors (Lipinski definition) is 2. The lowest BCUT2D eigenvalue weighted by atomic mass is 10.1. The van der Waals surface area contributed by atoms with Gasteiger partial charge < -0.3 is 20.1 Å². The Morgan fingerprint density at radius 3 is 2.60 bits per heavy atom. The summed E-state index contributed by atoms with van der Waals surface area (Å²) in [5, 5.41) is 11.9. The van der Waals surface area contributed by atoms with Crippen LogP contribution in [0.3, 0.4) is 0 Å². The summed E-state index contributed by atoms with van der Waals surface area (Å²) in [5.41, 5.74) is 2.06. The number of carboxylic acid groups (broad SMARTS) is 1. The average molecular weight is 499 g/mol. The van der Waals surface area contributed by atoms with Crippen molar-refractivity contribution in [3.05, 3.63) is 83.7 Å². The van der Waals surface area contributed by atoms with Gasteiger partial charge in [-0.2, -0.15) is 0 Å². The molecule has 2 N–H and O–H groups in total. The van der Waals surface area contributed by atoms with Crippen molar-refractivity contribution in [1.29, 1.82) is 0 Å². The van der Waals surface area contributed by atoms with Gasteiger partial charge in [0.1, 0.15) is 18.2 Å². The van der Waals surface area contributed by atoms with Crippen molar-refractivity contribution >= 4 is 27.2 Å². The molecule has 0 aromatic heterocycles. The van der Waals surface area contributed by atoms with E-state index in [1.54, 1.807) is 24.3 Å². The van der Waals surface area contributed by atoms with E-state index in [4.69, 9.17) is 9.84 Å². The van der Waals surface area contributed by atoms with Crippen molar-refractivity contribution in [3.63, 3.8) is 0 Å². The number of aryl methyl sites for hydroxylation is 1. The number of sulfone groups is 1. The number of hydrogen-bond acceptors (Lipinski definition) is 6.